The van der Waals surface area contributed by atoms with E-state index in [9.17, 15) is 4.79 Å². The van der Waals surface area contributed by atoms with Crippen molar-refractivity contribution in [3.63, 3.8) is 0 Å². The number of halogens is 1. The Morgan fingerprint density at radius 3 is 2.62 bits per heavy atom. The van der Waals surface area contributed by atoms with Gasteiger partial charge in [0.05, 0.1) is 17.9 Å². The van der Waals surface area contributed by atoms with Gasteiger partial charge >= 0.3 is 5.97 Å². The number of aromatic nitrogens is 2. The predicted octanol–water partition coefficient (Wildman–Crippen LogP) is 5.12. The lowest BCUT2D eigenvalue weighted by molar-refractivity contribution is -0.137. The maximum Gasteiger partial charge on any atom is 0.304 e. The van der Waals surface area contributed by atoms with Crippen LogP contribution in [0.2, 0.25) is 5.15 Å². The van der Waals surface area contributed by atoms with Crippen LogP contribution in [-0.4, -0.2) is 20.9 Å². The van der Waals surface area contributed by atoms with Gasteiger partial charge < -0.3 is 9.84 Å². The fourth-order valence-electron chi connectivity index (χ4n) is 3.26. The monoisotopic (exact) mass is 410 g/mol. The summed E-state index contributed by atoms with van der Waals surface area (Å²) < 4.78 is 7.86. The fourth-order valence-corrected chi connectivity index (χ4v) is 3.57. The SMILES string of the molecule is C#C[C@@H](CC(=O)O)c1ccc(OCc2cccc3c2c(Cl)nn3CC(C)C)cc1. The molecule has 1 heterocycles. The maximum atomic E-state index is 10.9. The van der Waals surface area contributed by atoms with Crippen molar-refractivity contribution in [2.24, 2.45) is 5.92 Å². The summed E-state index contributed by atoms with van der Waals surface area (Å²) in [6, 6.07) is 13.2. The molecule has 0 saturated carbocycles. The zero-order chi connectivity index (χ0) is 21.0. The van der Waals surface area contributed by atoms with Crippen LogP contribution < -0.4 is 4.74 Å². The molecular weight excluding hydrogens is 388 g/mol. The molecule has 0 unspecified atom stereocenters. The third kappa shape index (κ3) is 4.90. The van der Waals surface area contributed by atoms with Crippen LogP contribution >= 0.6 is 11.6 Å². The third-order valence-corrected chi connectivity index (χ3v) is 4.88. The summed E-state index contributed by atoms with van der Waals surface area (Å²) in [5, 5.41) is 14.8. The van der Waals surface area contributed by atoms with E-state index in [0.29, 0.717) is 23.4 Å². The molecule has 3 aromatic rings. The van der Waals surface area contributed by atoms with Crippen LogP contribution in [-0.2, 0) is 17.9 Å². The highest BCUT2D eigenvalue weighted by Crippen LogP contribution is 2.29. The average Bonchev–Trinajstić information content (AvgIpc) is 3.00. The molecule has 29 heavy (non-hydrogen) atoms. The van der Waals surface area contributed by atoms with Crippen molar-refractivity contribution in [3.8, 4) is 18.1 Å². The van der Waals surface area contributed by atoms with E-state index in [1.54, 1.807) is 24.3 Å². The predicted molar refractivity (Wildman–Crippen MR) is 114 cm³/mol. The fraction of sp³-hybridized carbons (Fsp3) is 0.304. The smallest absolute Gasteiger partial charge is 0.304 e. The Morgan fingerprint density at radius 2 is 2.00 bits per heavy atom. The summed E-state index contributed by atoms with van der Waals surface area (Å²) in [5.74, 6) is 2.27. The highest BCUT2D eigenvalue weighted by atomic mass is 35.5. The second-order valence-electron chi connectivity index (χ2n) is 7.35. The summed E-state index contributed by atoms with van der Waals surface area (Å²) in [6.45, 7) is 5.41. The quantitative estimate of drug-likeness (QED) is 0.524. The lowest BCUT2D eigenvalue weighted by Crippen LogP contribution is -2.05. The molecule has 1 aromatic heterocycles. The number of rotatable bonds is 8. The second kappa shape index (κ2) is 9.02. The number of hydrogen-bond donors (Lipinski definition) is 1. The van der Waals surface area contributed by atoms with Gasteiger partial charge in [-0.05, 0) is 29.7 Å². The van der Waals surface area contributed by atoms with Crippen molar-refractivity contribution in [2.75, 3.05) is 0 Å². The largest absolute Gasteiger partial charge is 0.489 e. The summed E-state index contributed by atoms with van der Waals surface area (Å²) >= 11 is 6.41. The van der Waals surface area contributed by atoms with E-state index in [1.807, 2.05) is 22.9 Å². The molecule has 0 aliphatic carbocycles. The van der Waals surface area contributed by atoms with Crippen molar-refractivity contribution in [2.45, 2.75) is 39.3 Å². The molecular formula is C23H23ClN2O3. The number of nitrogens with zero attached hydrogens (tertiary/aromatic N) is 2. The number of carbonyl (C=O) groups is 1. The molecule has 0 saturated heterocycles. The molecule has 1 atom stereocenters. The Morgan fingerprint density at radius 1 is 1.28 bits per heavy atom. The van der Waals surface area contributed by atoms with E-state index in [4.69, 9.17) is 27.9 Å². The van der Waals surface area contributed by atoms with E-state index in [-0.39, 0.29) is 6.42 Å². The van der Waals surface area contributed by atoms with Gasteiger partial charge in [-0.25, -0.2) is 0 Å². The highest BCUT2D eigenvalue weighted by molar-refractivity contribution is 6.34. The first-order valence-corrected chi connectivity index (χ1v) is 9.81. The van der Waals surface area contributed by atoms with Gasteiger partial charge in [-0.15, -0.1) is 6.42 Å². The lowest BCUT2D eigenvalue weighted by atomic mass is 9.97. The van der Waals surface area contributed by atoms with Crippen molar-refractivity contribution in [1.82, 2.24) is 9.78 Å². The number of fused-ring (bicyclic) bond motifs is 1. The maximum absolute atomic E-state index is 10.9. The van der Waals surface area contributed by atoms with Crippen LogP contribution in [0.1, 0.15) is 37.3 Å². The van der Waals surface area contributed by atoms with Gasteiger partial charge in [-0.3, -0.25) is 9.48 Å². The van der Waals surface area contributed by atoms with Crippen molar-refractivity contribution in [1.29, 1.82) is 0 Å². The van der Waals surface area contributed by atoms with Crippen LogP contribution in [0.25, 0.3) is 10.9 Å². The van der Waals surface area contributed by atoms with Gasteiger partial charge in [0, 0.05) is 17.5 Å². The lowest BCUT2D eigenvalue weighted by Gasteiger charge is -2.11. The number of terminal acetylenes is 1. The number of aliphatic carboxylic acids is 1. The minimum absolute atomic E-state index is 0.0996. The normalized spacial score (nSPS) is 12.1. The Bertz CT molecular complexity index is 1050. The molecule has 6 heteroatoms. The first kappa shape index (κ1) is 20.8. The molecule has 1 N–H and O–H groups in total. The van der Waals surface area contributed by atoms with Crippen molar-refractivity contribution in [3.05, 3.63) is 58.7 Å². The van der Waals surface area contributed by atoms with E-state index in [2.05, 4.69) is 24.9 Å². The molecule has 3 rings (SSSR count). The topological polar surface area (TPSA) is 64.3 Å². The molecule has 0 spiro atoms. The summed E-state index contributed by atoms with van der Waals surface area (Å²) in [5.41, 5.74) is 2.73. The van der Waals surface area contributed by atoms with Gasteiger partial charge in [0.25, 0.3) is 0 Å². The minimum Gasteiger partial charge on any atom is -0.489 e. The van der Waals surface area contributed by atoms with E-state index >= 15 is 0 Å². The molecule has 0 amide bonds. The highest BCUT2D eigenvalue weighted by Gasteiger charge is 2.15. The first-order chi connectivity index (χ1) is 13.9. The number of carboxylic acid groups (broad SMARTS) is 1. The number of ether oxygens (including phenoxy) is 1. The average molecular weight is 411 g/mol. The standard InChI is InChI=1S/C23H23ClN2O3/c1-4-16(12-21(27)28)17-8-10-19(11-9-17)29-14-18-6-5-7-20-22(18)23(24)25-26(20)13-15(2)3/h1,5-11,15-16H,12-14H2,2-3H3,(H,27,28)/t16-/m0/s1. The van der Waals surface area contributed by atoms with Gasteiger partial charge in [-0.1, -0.05) is 55.6 Å². The molecule has 0 bridgehead atoms. The molecule has 150 valence electrons. The second-order valence-corrected chi connectivity index (χ2v) is 7.71. The van der Waals surface area contributed by atoms with Crippen LogP contribution in [0.5, 0.6) is 5.75 Å². The summed E-state index contributed by atoms with van der Waals surface area (Å²) in [7, 11) is 0. The Balaban J connectivity index is 1.76. The summed E-state index contributed by atoms with van der Waals surface area (Å²) in [6.07, 6.45) is 5.36. The zero-order valence-electron chi connectivity index (χ0n) is 16.4. The number of hydrogen-bond acceptors (Lipinski definition) is 3. The molecule has 0 aliphatic rings. The van der Waals surface area contributed by atoms with Crippen LogP contribution in [0.4, 0.5) is 0 Å². The number of carboxylic acids is 1. The molecule has 0 fully saturated rings. The molecule has 0 aliphatic heterocycles. The molecule has 2 aromatic carbocycles. The number of benzene rings is 2. The minimum atomic E-state index is -0.920. The Hall–Kier alpha value is -2.97. The van der Waals surface area contributed by atoms with Crippen LogP contribution in [0, 0.1) is 18.3 Å². The Kier molecular flexibility index (Phi) is 6.46. The summed E-state index contributed by atoms with van der Waals surface area (Å²) in [4.78, 5) is 10.9. The van der Waals surface area contributed by atoms with Crippen LogP contribution in [0.15, 0.2) is 42.5 Å². The van der Waals surface area contributed by atoms with Gasteiger partial charge in [0.2, 0.25) is 0 Å². The van der Waals surface area contributed by atoms with E-state index < -0.39 is 11.9 Å². The van der Waals surface area contributed by atoms with E-state index in [1.165, 1.54) is 0 Å². The Labute approximate surface area is 175 Å². The third-order valence-electron chi connectivity index (χ3n) is 4.62. The molecule has 0 radical (unpaired) electrons. The van der Waals surface area contributed by atoms with E-state index in [0.717, 1.165) is 28.6 Å². The van der Waals surface area contributed by atoms with Gasteiger partial charge in [0.15, 0.2) is 5.15 Å². The van der Waals surface area contributed by atoms with Gasteiger partial charge in [-0.2, -0.15) is 5.10 Å². The molecule has 5 nitrogen and oxygen atoms in total. The van der Waals surface area contributed by atoms with Crippen LogP contribution in [0.3, 0.4) is 0 Å². The van der Waals surface area contributed by atoms with Gasteiger partial charge in [0.1, 0.15) is 12.4 Å². The first-order valence-electron chi connectivity index (χ1n) is 9.43. The van der Waals surface area contributed by atoms with Crippen molar-refractivity contribution < 1.29 is 14.6 Å². The van der Waals surface area contributed by atoms with Crippen molar-refractivity contribution >= 4 is 28.5 Å². The zero-order valence-corrected chi connectivity index (χ0v) is 17.2.